The van der Waals surface area contributed by atoms with Gasteiger partial charge in [-0.2, -0.15) is 0 Å². The Balaban J connectivity index is 1.59. The third-order valence-electron chi connectivity index (χ3n) is 5.02. The molecule has 1 unspecified atom stereocenters. The number of phenolic OH excluding ortho intramolecular Hbond substituents is 1. The first-order chi connectivity index (χ1) is 14.8. The van der Waals surface area contributed by atoms with E-state index in [9.17, 15) is 19.5 Å². The lowest BCUT2D eigenvalue weighted by molar-refractivity contribution is -0.137. The minimum absolute atomic E-state index is 0.130. The van der Waals surface area contributed by atoms with Gasteiger partial charge in [0.05, 0.1) is 0 Å². The number of amides is 3. The standard InChI is InChI=1S/C23H27N3O5/c1-16(31-21-9-7-20(28)8-10-21)22(29)25-11-4-12-26(14-13-25)23(30)18-5-3-6-19(15-18)24-17(2)27/h3,5-10,15-16,28H,4,11-14H2,1-2H3,(H,24,27). The van der Waals surface area contributed by atoms with Gasteiger partial charge in [-0.25, -0.2) is 0 Å². The van der Waals surface area contributed by atoms with Crippen molar-refractivity contribution in [2.75, 3.05) is 31.5 Å². The van der Waals surface area contributed by atoms with Crippen molar-refractivity contribution < 1.29 is 24.2 Å². The average molecular weight is 425 g/mol. The number of nitrogens with one attached hydrogen (secondary N) is 1. The summed E-state index contributed by atoms with van der Waals surface area (Å²) >= 11 is 0. The molecule has 164 valence electrons. The van der Waals surface area contributed by atoms with Gasteiger partial charge in [0.1, 0.15) is 11.5 Å². The molecule has 1 fully saturated rings. The fourth-order valence-electron chi connectivity index (χ4n) is 3.49. The number of benzene rings is 2. The van der Waals surface area contributed by atoms with Crippen molar-refractivity contribution in [2.45, 2.75) is 26.4 Å². The molecule has 1 heterocycles. The van der Waals surface area contributed by atoms with Crippen LogP contribution in [0.15, 0.2) is 48.5 Å². The second kappa shape index (κ2) is 9.97. The van der Waals surface area contributed by atoms with Gasteiger partial charge in [0.2, 0.25) is 5.91 Å². The lowest BCUT2D eigenvalue weighted by atomic mass is 10.1. The molecule has 1 aliphatic rings. The number of phenols is 1. The normalized spacial score (nSPS) is 15.0. The summed E-state index contributed by atoms with van der Waals surface area (Å²) in [5.41, 5.74) is 1.07. The molecule has 1 saturated heterocycles. The molecule has 2 N–H and O–H groups in total. The minimum Gasteiger partial charge on any atom is -0.508 e. The topological polar surface area (TPSA) is 99.2 Å². The molecule has 0 spiro atoms. The number of nitrogens with zero attached hydrogens (tertiary/aromatic N) is 2. The maximum absolute atomic E-state index is 12.9. The van der Waals surface area contributed by atoms with Crippen LogP contribution in [0.1, 0.15) is 30.6 Å². The highest BCUT2D eigenvalue weighted by atomic mass is 16.5. The van der Waals surface area contributed by atoms with Crippen molar-refractivity contribution in [1.82, 2.24) is 9.80 Å². The van der Waals surface area contributed by atoms with Gasteiger partial charge in [0, 0.05) is 44.4 Å². The van der Waals surface area contributed by atoms with E-state index >= 15 is 0 Å². The van der Waals surface area contributed by atoms with Gasteiger partial charge in [0.25, 0.3) is 11.8 Å². The van der Waals surface area contributed by atoms with E-state index in [0.29, 0.717) is 49.6 Å². The van der Waals surface area contributed by atoms with Crippen LogP contribution in [-0.4, -0.2) is 64.9 Å². The van der Waals surface area contributed by atoms with Gasteiger partial charge in [-0.05, 0) is 55.8 Å². The van der Waals surface area contributed by atoms with Crippen LogP contribution in [0.5, 0.6) is 11.5 Å². The van der Waals surface area contributed by atoms with Crippen molar-refractivity contribution in [3.05, 3.63) is 54.1 Å². The molecule has 0 aromatic heterocycles. The maximum Gasteiger partial charge on any atom is 0.263 e. The number of hydrogen-bond donors (Lipinski definition) is 2. The number of carbonyl (C=O) groups is 3. The molecule has 0 aliphatic carbocycles. The monoisotopic (exact) mass is 425 g/mol. The number of carbonyl (C=O) groups excluding carboxylic acids is 3. The van der Waals surface area contributed by atoms with E-state index in [2.05, 4.69) is 5.32 Å². The van der Waals surface area contributed by atoms with Crippen LogP contribution >= 0.6 is 0 Å². The smallest absolute Gasteiger partial charge is 0.263 e. The third kappa shape index (κ3) is 5.97. The first-order valence-corrected chi connectivity index (χ1v) is 10.2. The van der Waals surface area contributed by atoms with Gasteiger partial charge in [-0.3, -0.25) is 14.4 Å². The van der Waals surface area contributed by atoms with E-state index in [4.69, 9.17) is 4.74 Å². The van der Waals surface area contributed by atoms with Gasteiger partial charge >= 0.3 is 0 Å². The summed E-state index contributed by atoms with van der Waals surface area (Å²) in [6, 6.07) is 13.1. The third-order valence-corrected chi connectivity index (χ3v) is 5.02. The van der Waals surface area contributed by atoms with Crippen molar-refractivity contribution in [3.8, 4) is 11.5 Å². The summed E-state index contributed by atoms with van der Waals surface area (Å²) < 4.78 is 5.70. The highest BCUT2D eigenvalue weighted by molar-refractivity contribution is 5.97. The molecule has 1 aliphatic heterocycles. The molecule has 8 nitrogen and oxygen atoms in total. The molecule has 3 rings (SSSR count). The lowest BCUT2D eigenvalue weighted by Crippen LogP contribution is -2.43. The molecule has 2 aromatic carbocycles. The van der Waals surface area contributed by atoms with Crippen LogP contribution in [0.2, 0.25) is 0 Å². The second-order valence-corrected chi connectivity index (χ2v) is 7.49. The van der Waals surface area contributed by atoms with E-state index in [-0.39, 0.29) is 23.5 Å². The zero-order chi connectivity index (χ0) is 22.4. The van der Waals surface area contributed by atoms with E-state index in [0.717, 1.165) is 0 Å². The van der Waals surface area contributed by atoms with Crippen LogP contribution in [-0.2, 0) is 9.59 Å². The summed E-state index contributed by atoms with van der Waals surface area (Å²) in [7, 11) is 0. The number of ether oxygens (including phenoxy) is 1. The quantitative estimate of drug-likeness (QED) is 0.767. The Morgan fingerprint density at radius 1 is 1.00 bits per heavy atom. The molecular formula is C23H27N3O5. The van der Waals surface area contributed by atoms with Gasteiger partial charge in [-0.15, -0.1) is 0 Å². The average Bonchev–Trinajstić information content (AvgIpc) is 3.00. The van der Waals surface area contributed by atoms with Crippen LogP contribution in [0, 0.1) is 0 Å². The predicted molar refractivity (Wildman–Crippen MR) is 116 cm³/mol. The van der Waals surface area contributed by atoms with Crippen molar-refractivity contribution in [3.63, 3.8) is 0 Å². The Labute approximate surface area is 181 Å². The highest BCUT2D eigenvalue weighted by Crippen LogP contribution is 2.19. The van der Waals surface area contributed by atoms with Crippen LogP contribution in [0.25, 0.3) is 0 Å². The summed E-state index contributed by atoms with van der Waals surface area (Å²) in [6.07, 6.45) is -0.0180. The van der Waals surface area contributed by atoms with E-state index in [1.807, 2.05) is 0 Å². The first-order valence-electron chi connectivity index (χ1n) is 10.2. The molecule has 31 heavy (non-hydrogen) atoms. The molecule has 8 heteroatoms. The molecule has 1 atom stereocenters. The number of hydrogen-bond acceptors (Lipinski definition) is 5. The zero-order valence-corrected chi connectivity index (χ0v) is 17.7. The van der Waals surface area contributed by atoms with Gasteiger partial charge in [0.15, 0.2) is 6.10 Å². The van der Waals surface area contributed by atoms with Crippen molar-refractivity contribution in [2.24, 2.45) is 0 Å². The summed E-state index contributed by atoms with van der Waals surface area (Å²) in [6.45, 7) is 5.02. The molecular weight excluding hydrogens is 398 g/mol. The first kappa shape index (κ1) is 22.1. The summed E-state index contributed by atoms with van der Waals surface area (Å²) in [5, 5.41) is 12.0. The van der Waals surface area contributed by atoms with Gasteiger partial charge in [-0.1, -0.05) is 6.07 Å². The fourth-order valence-corrected chi connectivity index (χ4v) is 3.49. The van der Waals surface area contributed by atoms with E-state index in [1.54, 1.807) is 53.1 Å². The molecule has 0 radical (unpaired) electrons. The Morgan fingerprint density at radius 2 is 1.68 bits per heavy atom. The highest BCUT2D eigenvalue weighted by Gasteiger charge is 2.26. The zero-order valence-electron chi connectivity index (χ0n) is 17.7. The van der Waals surface area contributed by atoms with Crippen molar-refractivity contribution >= 4 is 23.4 Å². The SMILES string of the molecule is CC(=O)Nc1cccc(C(=O)N2CCCN(C(=O)C(C)Oc3ccc(O)cc3)CC2)c1. The number of aromatic hydroxyl groups is 1. The van der Waals surface area contributed by atoms with Gasteiger partial charge < -0.3 is 25.0 Å². The summed E-state index contributed by atoms with van der Waals surface area (Å²) in [5.74, 6) is 0.164. The molecule has 3 amide bonds. The summed E-state index contributed by atoms with van der Waals surface area (Å²) in [4.78, 5) is 40.5. The lowest BCUT2D eigenvalue weighted by Gasteiger charge is -2.25. The van der Waals surface area contributed by atoms with Crippen LogP contribution in [0.4, 0.5) is 5.69 Å². The Hall–Kier alpha value is -3.55. The van der Waals surface area contributed by atoms with Crippen LogP contribution < -0.4 is 10.1 Å². The predicted octanol–water partition coefficient (Wildman–Crippen LogP) is 2.49. The Kier molecular flexibility index (Phi) is 7.12. The molecule has 0 bridgehead atoms. The Bertz CT molecular complexity index is 944. The molecule has 2 aromatic rings. The molecule has 0 saturated carbocycles. The van der Waals surface area contributed by atoms with Crippen molar-refractivity contribution in [1.29, 1.82) is 0 Å². The Morgan fingerprint density at radius 3 is 2.39 bits per heavy atom. The fraction of sp³-hybridized carbons (Fsp3) is 0.348. The number of anilines is 1. The second-order valence-electron chi connectivity index (χ2n) is 7.49. The van der Waals surface area contributed by atoms with E-state index in [1.165, 1.54) is 19.1 Å². The number of rotatable bonds is 5. The largest absolute Gasteiger partial charge is 0.508 e. The van der Waals surface area contributed by atoms with Crippen LogP contribution in [0.3, 0.4) is 0 Å². The van der Waals surface area contributed by atoms with E-state index < -0.39 is 6.10 Å². The minimum atomic E-state index is -0.680. The maximum atomic E-state index is 12.9.